The molecule has 0 fully saturated rings. The Balaban J connectivity index is 1.61. The summed E-state index contributed by atoms with van der Waals surface area (Å²) >= 11 is 6.50. The summed E-state index contributed by atoms with van der Waals surface area (Å²) in [6.07, 6.45) is 0.451. The van der Waals surface area contributed by atoms with Gasteiger partial charge in [0.2, 0.25) is 11.9 Å². The Morgan fingerprint density at radius 2 is 1.52 bits per heavy atom. The van der Waals surface area contributed by atoms with E-state index in [-0.39, 0.29) is 42.6 Å². The van der Waals surface area contributed by atoms with Gasteiger partial charge in [-0.3, -0.25) is 10.1 Å². The van der Waals surface area contributed by atoms with Crippen molar-refractivity contribution in [2.75, 3.05) is 11.9 Å². The summed E-state index contributed by atoms with van der Waals surface area (Å²) in [4.78, 5) is 67.2. The molecular weight excluding hydrogens is 716 g/mol. The van der Waals surface area contributed by atoms with Gasteiger partial charge in [-0.25, -0.2) is 19.2 Å². The van der Waals surface area contributed by atoms with Crippen LogP contribution in [-0.2, 0) is 36.6 Å². The van der Waals surface area contributed by atoms with Crippen LogP contribution in [0.5, 0.6) is 5.75 Å². The van der Waals surface area contributed by atoms with E-state index in [4.69, 9.17) is 30.5 Å². The molecule has 0 aromatic heterocycles. The van der Waals surface area contributed by atoms with E-state index < -0.39 is 41.4 Å². The van der Waals surface area contributed by atoms with Crippen LogP contribution in [0.3, 0.4) is 0 Å². The molecule has 0 radical (unpaired) electrons. The number of halogens is 1. The smallest absolute Gasteiger partial charge is 0.437 e. The molecule has 54 heavy (non-hydrogen) atoms. The van der Waals surface area contributed by atoms with Crippen molar-refractivity contribution in [2.45, 2.75) is 97.8 Å². The number of alkyl carbamates (subject to hydrolysis) is 1. The molecule has 1 atom stereocenters. The van der Waals surface area contributed by atoms with Crippen molar-refractivity contribution >= 4 is 53.3 Å². The second-order valence-corrected chi connectivity index (χ2v) is 14.7. The highest BCUT2D eigenvalue weighted by molar-refractivity contribution is 6.31. The zero-order chi connectivity index (χ0) is 39.9. The molecule has 0 aliphatic heterocycles. The Morgan fingerprint density at radius 1 is 0.852 bits per heavy atom. The van der Waals surface area contributed by atoms with Crippen molar-refractivity contribution in [2.24, 2.45) is 4.99 Å². The fourth-order valence-corrected chi connectivity index (χ4v) is 4.89. The van der Waals surface area contributed by atoms with E-state index >= 15 is 0 Å². The maximum atomic E-state index is 13.0. The first-order valence-electron chi connectivity index (χ1n) is 17.6. The van der Waals surface area contributed by atoms with Gasteiger partial charge in [-0.15, -0.1) is 4.99 Å². The maximum absolute atomic E-state index is 13.0. The van der Waals surface area contributed by atoms with Crippen molar-refractivity contribution < 1.29 is 42.9 Å². The molecule has 0 heterocycles. The quantitative estimate of drug-likeness (QED) is 0.0390. The normalized spacial score (nSPS) is 12.2. The zero-order valence-electron chi connectivity index (χ0n) is 31.7. The monoisotopic (exact) mass is 764 g/mol. The lowest BCUT2D eigenvalue weighted by Gasteiger charge is -2.21. The molecule has 3 rings (SSSR count). The molecule has 0 unspecified atom stereocenters. The summed E-state index contributed by atoms with van der Waals surface area (Å²) in [7, 11) is 0. The highest BCUT2D eigenvalue weighted by atomic mass is 35.5. The predicted octanol–water partition coefficient (Wildman–Crippen LogP) is 7.79. The van der Waals surface area contributed by atoms with E-state index in [1.807, 2.05) is 37.3 Å². The van der Waals surface area contributed by atoms with E-state index in [1.54, 1.807) is 53.7 Å². The second-order valence-electron chi connectivity index (χ2n) is 14.2. The van der Waals surface area contributed by atoms with Crippen LogP contribution in [0.4, 0.5) is 15.3 Å². The lowest BCUT2D eigenvalue weighted by Crippen LogP contribution is -2.43. The maximum Gasteiger partial charge on any atom is 0.437 e. The molecule has 0 spiro atoms. The molecule has 3 aromatic carbocycles. The van der Waals surface area contributed by atoms with Crippen molar-refractivity contribution in [3.8, 4) is 5.75 Å². The SMILES string of the molecule is CCCCOC(=O)[C@H](Cc1ccccc1)NC(=O)CCc1ccc(OC(=O)c2ccc(N/C(=N/C(=O)OC(C)(C)C)NC(=O)OC(C)(C)C)cc2)cc1Cl. The van der Waals surface area contributed by atoms with Gasteiger partial charge in [0, 0.05) is 23.6 Å². The largest absolute Gasteiger partial charge is 0.464 e. The number of nitrogens with zero attached hydrogens (tertiary/aromatic N) is 1. The second kappa shape index (κ2) is 20.1. The number of hydrogen-bond donors (Lipinski definition) is 3. The molecule has 3 N–H and O–H groups in total. The molecule has 0 saturated heterocycles. The lowest BCUT2D eigenvalue weighted by molar-refractivity contribution is -0.148. The first kappa shape index (κ1) is 43.0. The number of ether oxygens (including phenoxy) is 4. The molecule has 13 nitrogen and oxygen atoms in total. The number of aliphatic imine (C=N–C) groups is 1. The Labute approximate surface area is 321 Å². The molecule has 0 aliphatic rings. The number of hydrogen-bond acceptors (Lipinski definition) is 9. The molecule has 0 aliphatic carbocycles. The number of amides is 3. The van der Waals surface area contributed by atoms with Gasteiger partial charge in [0.1, 0.15) is 23.0 Å². The molecule has 0 saturated carbocycles. The number of nitrogens with one attached hydrogen (secondary N) is 3. The van der Waals surface area contributed by atoms with Crippen LogP contribution >= 0.6 is 11.6 Å². The number of guanidine groups is 1. The summed E-state index contributed by atoms with van der Waals surface area (Å²) < 4.78 is 21.4. The molecule has 0 bridgehead atoms. The number of esters is 2. The van der Waals surface area contributed by atoms with Crippen LogP contribution < -0.4 is 20.7 Å². The van der Waals surface area contributed by atoms with Gasteiger partial charge in [-0.2, -0.15) is 0 Å². The third kappa shape index (κ3) is 16.1. The molecule has 290 valence electrons. The lowest BCUT2D eigenvalue weighted by atomic mass is 10.0. The van der Waals surface area contributed by atoms with Crippen molar-refractivity contribution in [3.63, 3.8) is 0 Å². The zero-order valence-corrected chi connectivity index (χ0v) is 32.5. The van der Waals surface area contributed by atoms with Gasteiger partial charge in [-0.1, -0.05) is 61.3 Å². The highest BCUT2D eigenvalue weighted by Gasteiger charge is 2.24. The van der Waals surface area contributed by atoms with Gasteiger partial charge in [0.05, 0.1) is 12.2 Å². The Hall–Kier alpha value is -5.43. The number of anilines is 1. The predicted molar refractivity (Wildman–Crippen MR) is 206 cm³/mol. The Kier molecular flexibility index (Phi) is 16.0. The fourth-order valence-electron chi connectivity index (χ4n) is 4.63. The third-order valence-electron chi connectivity index (χ3n) is 7.10. The van der Waals surface area contributed by atoms with Crippen LogP contribution in [0.1, 0.15) is 89.2 Å². The first-order chi connectivity index (χ1) is 25.4. The van der Waals surface area contributed by atoms with Gasteiger partial charge in [-0.05, 0) is 102 Å². The minimum absolute atomic E-state index is 0.0598. The van der Waals surface area contributed by atoms with Crippen molar-refractivity contribution in [1.29, 1.82) is 0 Å². The van der Waals surface area contributed by atoms with Crippen LogP contribution in [0, 0.1) is 0 Å². The number of carbonyl (C=O) groups excluding carboxylic acids is 5. The molecule has 14 heteroatoms. The van der Waals surface area contributed by atoms with Gasteiger partial charge < -0.3 is 29.6 Å². The number of aryl methyl sites for hydroxylation is 1. The van der Waals surface area contributed by atoms with Gasteiger partial charge in [0.15, 0.2) is 0 Å². The minimum atomic E-state index is -0.943. The van der Waals surface area contributed by atoms with Crippen LogP contribution in [0.25, 0.3) is 0 Å². The fraction of sp³-hybridized carbons (Fsp3) is 0.400. The van der Waals surface area contributed by atoms with E-state index in [1.165, 1.54) is 30.3 Å². The van der Waals surface area contributed by atoms with Gasteiger partial charge >= 0.3 is 24.1 Å². The summed E-state index contributed by atoms with van der Waals surface area (Å²) in [5, 5.41) is 8.31. The summed E-state index contributed by atoms with van der Waals surface area (Å²) in [6, 6.07) is 19.2. The summed E-state index contributed by atoms with van der Waals surface area (Å²) in [5.41, 5.74) is 0.489. The average Bonchev–Trinajstić information content (AvgIpc) is 3.06. The summed E-state index contributed by atoms with van der Waals surface area (Å²) in [5.74, 6) is -1.56. The third-order valence-corrected chi connectivity index (χ3v) is 7.45. The van der Waals surface area contributed by atoms with E-state index in [9.17, 15) is 24.0 Å². The van der Waals surface area contributed by atoms with Crippen molar-refractivity contribution in [1.82, 2.24) is 10.6 Å². The Bertz CT molecular complexity index is 1780. The van der Waals surface area contributed by atoms with Crippen molar-refractivity contribution in [3.05, 3.63) is 94.5 Å². The molecule has 3 amide bonds. The van der Waals surface area contributed by atoms with Crippen LogP contribution in [0.15, 0.2) is 77.8 Å². The minimum Gasteiger partial charge on any atom is -0.464 e. The molecular formula is C40H49ClN4O9. The Morgan fingerprint density at radius 3 is 2.13 bits per heavy atom. The highest BCUT2D eigenvalue weighted by Crippen LogP contribution is 2.25. The number of benzene rings is 3. The standard InChI is InChI=1S/C40H49ClN4O9/c1-8-9-23-51-35(48)32(24-26-13-11-10-12-14-26)43-33(46)22-18-27-17-21-30(25-31(27)41)52-34(47)28-15-19-29(20-16-28)42-36(44-37(49)53-39(2,3)4)45-38(50)54-40(5,6)7/h10-17,19-21,25,32H,8-9,18,22-24H2,1-7H3,(H,43,46)(H2,42,44,45,49,50)/t32-/m0/s1. The van der Waals surface area contributed by atoms with Crippen LogP contribution in [0.2, 0.25) is 5.02 Å². The summed E-state index contributed by atoms with van der Waals surface area (Å²) in [6.45, 7) is 12.4. The topological polar surface area (TPSA) is 171 Å². The van der Waals surface area contributed by atoms with Crippen LogP contribution in [-0.4, -0.2) is 59.8 Å². The van der Waals surface area contributed by atoms with E-state index in [0.717, 1.165) is 18.4 Å². The van der Waals surface area contributed by atoms with Gasteiger partial charge in [0.25, 0.3) is 0 Å². The molecule has 3 aromatic rings. The number of carbonyl (C=O) groups is 5. The number of rotatable bonds is 13. The first-order valence-corrected chi connectivity index (χ1v) is 18.0. The number of unbranched alkanes of at least 4 members (excludes halogenated alkanes) is 1. The van der Waals surface area contributed by atoms with E-state index in [2.05, 4.69) is 20.9 Å². The average molecular weight is 765 g/mol. The van der Waals surface area contributed by atoms with E-state index in [0.29, 0.717) is 22.7 Å².